The molecule has 0 atom stereocenters. The SMILES string of the molecule is CCNCCNC(=O)c1nccnc1C(=O)NCc1ccc(F)cc1. The first-order valence-corrected chi connectivity index (χ1v) is 7.94. The van der Waals surface area contributed by atoms with Gasteiger partial charge < -0.3 is 16.0 Å². The van der Waals surface area contributed by atoms with Crippen LogP contribution in [-0.4, -0.2) is 41.4 Å². The second-order valence-electron chi connectivity index (χ2n) is 5.17. The Morgan fingerprint density at radius 2 is 1.56 bits per heavy atom. The number of rotatable bonds is 8. The van der Waals surface area contributed by atoms with Gasteiger partial charge in [-0.2, -0.15) is 0 Å². The molecule has 0 unspecified atom stereocenters. The summed E-state index contributed by atoms with van der Waals surface area (Å²) in [5.41, 5.74) is 0.649. The molecule has 25 heavy (non-hydrogen) atoms. The fourth-order valence-electron chi connectivity index (χ4n) is 2.06. The van der Waals surface area contributed by atoms with Crippen LogP contribution in [0.4, 0.5) is 4.39 Å². The third-order valence-corrected chi connectivity index (χ3v) is 3.33. The third-order valence-electron chi connectivity index (χ3n) is 3.33. The van der Waals surface area contributed by atoms with Gasteiger partial charge in [-0.1, -0.05) is 19.1 Å². The second-order valence-corrected chi connectivity index (χ2v) is 5.17. The van der Waals surface area contributed by atoms with Gasteiger partial charge in [0.25, 0.3) is 11.8 Å². The number of amides is 2. The molecular formula is C17H20FN5O2. The molecule has 7 nitrogen and oxygen atoms in total. The Kier molecular flexibility index (Phi) is 6.97. The van der Waals surface area contributed by atoms with E-state index < -0.39 is 11.8 Å². The zero-order valence-corrected chi connectivity index (χ0v) is 13.9. The van der Waals surface area contributed by atoms with Crippen LogP contribution in [-0.2, 0) is 6.54 Å². The molecule has 2 amide bonds. The highest BCUT2D eigenvalue weighted by atomic mass is 19.1. The summed E-state index contributed by atoms with van der Waals surface area (Å²) in [5, 5.41) is 8.41. The van der Waals surface area contributed by atoms with Crippen LogP contribution < -0.4 is 16.0 Å². The molecule has 2 aromatic rings. The Bertz CT molecular complexity index is 721. The molecule has 0 radical (unpaired) electrons. The normalized spacial score (nSPS) is 10.3. The molecule has 0 spiro atoms. The van der Waals surface area contributed by atoms with E-state index in [1.807, 2.05) is 6.92 Å². The van der Waals surface area contributed by atoms with Crippen LogP contribution in [0.25, 0.3) is 0 Å². The van der Waals surface area contributed by atoms with Crippen LogP contribution in [0.1, 0.15) is 33.5 Å². The van der Waals surface area contributed by atoms with Gasteiger partial charge in [-0.05, 0) is 24.2 Å². The molecule has 0 bridgehead atoms. The molecule has 0 saturated heterocycles. The first-order valence-electron chi connectivity index (χ1n) is 7.94. The van der Waals surface area contributed by atoms with Crippen LogP contribution in [0.5, 0.6) is 0 Å². The number of hydrogen-bond donors (Lipinski definition) is 3. The largest absolute Gasteiger partial charge is 0.349 e. The molecular weight excluding hydrogens is 325 g/mol. The zero-order chi connectivity index (χ0) is 18.1. The molecule has 0 fully saturated rings. The highest BCUT2D eigenvalue weighted by molar-refractivity contribution is 6.04. The van der Waals surface area contributed by atoms with Crippen molar-refractivity contribution in [3.63, 3.8) is 0 Å². The minimum absolute atomic E-state index is 0.0318. The van der Waals surface area contributed by atoms with E-state index in [9.17, 15) is 14.0 Å². The van der Waals surface area contributed by atoms with Crippen molar-refractivity contribution in [2.24, 2.45) is 0 Å². The maximum absolute atomic E-state index is 12.9. The van der Waals surface area contributed by atoms with Gasteiger partial charge in [0.15, 0.2) is 11.4 Å². The minimum atomic E-state index is -0.519. The summed E-state index contributed by atoms with van der Waals surface area (Å²) in [6.45, 7) is 4.00. The van der Waals surface area contributed by atoms with Crippen molar-refractivity contribution in [2.75, 3.05) is 19.6 Å². The monoisotopic (exact) mass is 345 g/mol. The Hall–Kier alpha value is -2.87. The molecule has 0 aliphatic heterocycles. The summed E-state index contributed by atoms with van der Waals surface area (Å²) < 4.78 is 12.9. The molecule has 2 rings (SSSR count). The van der Waals surface area contributed by atoms with E-state index >= 15 is 0 Å². The summed E-state index contributed by atoms with van der Waals surface area (Å²) in [4.78, 5) is 32.4. The maximum atomic E-state index is 12.9. The minimum Gasteiger partial charge on any atom is -0.349 e. The molecule has 0 aliphatic rings. The lowest BCUT2D eigenvalue weighted by Crippen LogP contribution is -2.34. The number of halogens is 1. The van der Waals surface area contributed by atoms with E-state index in [2.05, 4.69) is 25.9 Å². The van der Waals surface area contributed by atoms with E-state index in [0.29, 0.717) is 13.1 Å². The van der Waals surface area contributed by atoms with Crippen LogP contribution >= 0.6 is 0 Å². The fourth-order valence-corrected chi connectivity index (χ4v) is 2.06. The third kappa shape index (κ3) is 5.61. The average molecular weight is 345 g/mol. The Balaban J connectivity index is 1.99. The molecule has 8 heteroatoms. The molecule has 0 saturated carbocycles. The van der Waals surface area contributed by atoms with Gasteiger partial charge in [0.1, 0.15) is 5.82 Å². The number of benzene rings is 1. The highest BCUT2D eigenvalue weighted by Crippen LogP contribution is 2.05. The predicted molar refractivity (Wildman–Crippen MR) is 90.5 cm³/mol. The fraction of sp³-hybridized carbons (Fsp3) is 0.294. The van der Waals surface area contributed by atoms with Crippen LogP contribution in [0.2, 0.25) is 0 Å². The Labute approximate surface area is 145 Å². The topological polar surface area (TPSA) is 96.0 Å². The van der Waals surface area contributed by atoms with Crippen molar-refractivity contribution in [3.05, 3.63) is 59.4 Å². The van der Waals surface area contributed by atoms with Crippen molar-refractivity contribution in [3.8, 4) is 0 Å². The van der Waals surface area contributed by atoms with E-state index in [-0.39, 0.29) is 23.7 Å². The standard InChI is InChI=1S/C17H20FN5O2/c1-2-19-7-8-22-16(24)14-15(21-10-9-20-14)17(25)23-11-12-3-5-13(18)6-4-12/h3-6,9-10,19H,2,7-8,11H2,1H3,(H,22,24)(H,23,25). The second kappa shape index (κ2) is 9.43. The van der Waals surface area contributed by atoms with E-state index in [1.165, 1.54) is 24.5 Å². The van der Waals surface area contributed by atoms with Crippen LogP contribution in [0, 0.1) is 5.82 Å². The van der Waals surface area contributed by atoms with Crippen molar-refractivity contribution in [1.29, 1.82) is 0 Å². The van der Waals surface area contributed by atoms with Crippen molar-refractivity contribution < 1.29 is 14.0 Å². The lowest BCUT2D eigenvalue weighted by atomic mass is 10.2. The zero-order valence-electron chi connectivity index (χ0n) is 13.9. The van der Waals surface area contributed by atoms with Gasteiger partial charge >= 0.3 is 0 Å². The number of carbonyl (C=O) groups excluding carboxylic acids is 2. The molecule has 1 aromatic carbocycles. The summed E-state index contributed by atoms with van der Waals surface area (Å²) in [5.74, 6) is -1.33. The Morgan fingerprint density at radius 3 is 2.16 bits per heavy atom. The molecule has 1 heterocycles. The van der Waals surface area contributed by atoms with Crippen molar-refractivity contribution in [1.82, 2.24) is 25.9 Å². The van der Waals surface area contributed by atoms with Crippen molar-refractivity contribution >= 4 is 11.8 Å². The first kappa shape index (κ1) is 18.5. The number of likely N-dealkylation sites (N-methyl/N-ethyl adjacent to an activating group) is 1. The first-order chi connectivity index (χ1) is 12.1. The summed E-state index contributed by atoms with van der Waals surface area (Å²) in [6, 6.07) is 5.77. The van der Waals surface area contributed by atoms with Crippen LogP contribution in [0.3, 0.4) is 0 Å². The number of nitrogens with one attached hydrogen (secondary N) is 3. The van der Waals surface area contributed by atoms with Gasteiger partial charge in [-0.15, -0.1) is 0 Å². The molecule has 0 aliphatic carbocycles. The summed E-state index contributed by atoms with van der Waals surface area (Å²) >= 11 is 0. The molecule has 132 valence electrons. The van der Waals surface area contributed by atoms with Gasteiger partial charge in [0, 0.05) is 32.0 Å². The number of hydrogen-bond acceptors (Lipinski definition) is 5. The predicted octanol–water partition coefficient (Wildman–Crippen LogP) is 0.885. The quantitative estimate of drug-likeness (QED) is 0.618. The smallest absolute Gasteiger partial charge is 0.272 e. The van der Waals surface area contributed by atoms with Crippen molar-refractivity contribution in [2.45, 2.75) is 13.5 Å². The number of aromatic nitrogens is 2. The van der Waals surface area contributed by atoms with Gasteiger partial charge in [0.05, 0.1) is 0 Å². The number of nitrogens with zero attached hydrogens (tertiary/aromatic N) is 2. The highest BCUT2D eigenvalue weighted by Gasteiger charge is 2.19. The number of carbonyl (C=O) groups is 2. The maximum Gasteiger partial charge on any atom is 0.272 e. The average Bonchev–Trinajstić information content (AvgIpc) is 2.64. The lowest BCUT2D eigenvalue weighted by Gasteiger charge is -2.09. The Morgan fingerprint density at radius 1 is 0.960 bits per heavy atom. The van der Waals surface area contributed by atoms with E-state index in [0.717, 1.165) is 12.1 Å². The van der Waals surface area contributed by atoms with Crippen LogP contribution in [0.15, 0.2) is 36.7 Å². The van der Waals surface area contributed by atoms with Gasteiger partial charge in [0.2, 0.25) is 0 Å². The van der Waals surface area contributed by atoms with Gasteiger partial charge in [-0.25, -0.2) is 14.4 Å². The summed E-state index contributed by atoms with van der Waals surface area (Å²) in [7, 11) is 0. The summed E-state index contributed by atoms with van der Waals surface area (Å²) in [6.07, 6.45) is 2.71. The molecule has 1 aromatic heterocycles. The van der Waals surface area contributed by atoms with E-state index in [1.54, 1.807) is 12.1 Å². The van der Waals surface area contributed by atoms with Gasteiger partial charge in [-0.3, -0.25) is 9.59 Å². The lowest BCUT2D eigenvalue weighted by molar-refractivity contribution is 0.0910. The van der Waals surface area contributed by atoms with E-state index in [4.69, 9.17) is 0 Å². The molecule has 3 N–H and O–H groups in total.